The van der Waals surface area contributed by atoms with Crippen molar-refractivity contribution in [2.24, 2.45) is 7.05 Å². The van der Waals surface area contributed by atoms with Crippen LogP contribution < -0.4 is 11.1 Å². The number of nitrogens with two attached hydrogens (primary N) is 1. The second kappa shape index (κ2) is 5.89. The molecule has 0 aliphatic rings. The molecule has 23 heavy (non-hydrogen) atoms. The van der Waals surface area contributed by atoms with Crippen molar-refractivity contribution in [1.29, 1.82) is 0 Å². The number of nitrogens with zero attached hydrogens (tertiary/aromatic N) is 3. The third-order valence-electron chi connectivity index (χ3n) is 3.51. The van der Waals surface area contributed by atoms with E-state index in [1.54, 1.807) is 23.0 Å². The maximum Gasteiger partial charge on any atom is 0.147 e. The number of pyridine rings is 1. The van der Waals surface area contributed by atoms with E-state index in [1.807, 2.05) is 20.0 Å². The Morgan fingerprint density at radius 1 is 1.30 bits per heavy atom. The molecule has 7 heteroatoms. The first-order chi connectivity index (χ1) is 11.0. The first-order valence-corrected chi connectivity index (χ1v) is 7.31. The number of aryl methyl sites for hydroxylation is 2. The lowest BCUT2D eigenvalue weighted by atomic mass is 10.1. The van der Waals surface area contributed by atoms with E-state index in [1.165, 1.54) is 12.1 Å². The number of nitrogen functional groups attached to an aromatic ring is 1. The molecule has 0 spiro atoms. The van der Waals surface area contributed by atoms with Crippen LogP contribution in [-0.4, -0.2) is 14.8 Å². The summed E-state index contributed by atoms with van der Waals surface area (Å²) < 4.78 is 15.0. The Labute approximate surface area is 137 Å². The molecule has 3 aromatic rings. The van der Waals surface area contributed by atoms with Crippen LogP contribution >= 0.6 is 11.6 Å². The highest BCUT2D eigenvalue weighted by molar-refractivity contribution is 6.33. The van der Waals surface area contributed by atoms with Crippen LogP contribution in [0.5, 0.6) is 0 Å². The maximum atomic E-state index is 13.3. The molecule has 2 aromatic heterocycles. The highest BCUT2D eigenvalue weighted by atomic mass is 35.5. The number of nitrogens with one attached hydrogen (secondary N) is 1. The minimum atomic E-state index is -0.383. The fourth-order valence-electron chi connectivity index (χ4n) is 2.47. The molecule has 0 aliphatic carbocycles. The molecule has 3 rings (SSSR count). The summed E-state index contributed by atoms with van der Waals surface area (Å²) in [6.07, 6.45) is 1.62. The van der Waals surface area contributed by atoms with Gasteiger partial charge >= 0.3 is 0 Å². The third-order valence-corrected chi connectivity index (χ3v) is 3.83. The molecule has 0 fully saturated rings. The SMILES string of the molecule is Cc1nn(C)c(Nc2cccnc2N)c1-c1ccc(F)cc1Cl. The minimum absolute atomic E-state index is 0.323. The normalized spacial score (nSPS) is 10.8. The van der Waals surface area contributed by atoms with Gasteiger partial charge in [0.2, 0.25) is 0 Å². The van der Waals surface area contributed by atoms with Gasteiger partial charge in [0.25, 0.3) is 0 Å². The topological polar surface area (TPSA) is 68.8 Å². The van der Waals surface area contributed by atoms with Crippen molar-refractivity contribution < 1.29 is 4.39 Å². The summed E-state index contributed by atoms with van der Waals surface area (Å²) in [4.78, 5) is 4.05. The van der Waals surface area contributed by atoms with Crippen LogP contribution in [0.25, 0.3) is 11.1 Å². The van der Waals surface area contributed by atoms with Crippen molar-refractivity contribution in [3.63, 3.8) is 0 Å². The van der Waals surface area contributed by atoms with Gasteiger partial charge in [-0.15, -0.1) is 0 Å². The lowest BCUT2D eigenvalue weighted by Crippen LogP contribution is -2.03. The van der Waals surface area contributed by atoms with Crippen molar-refractivity contribution in [3.8, 4) is 11.1 Å². The van der Waals surface area contributed by atoms with Gasteiger partial charge in [0.1, 0.15) is 17.5 Å². The zero-order valence-corrected chi connectivity index (χ0v) is 13.4. The van der Waals surface area contributed by atoms with E-state index < -0.39 is 0 Å². The molecule has 0 atom stereocenters. The zero-order valence-electron chi connectivity index (χ0n) is 12.6. The fourth-order valence-corrected chi connectivity index (χ4v) is 2.73. The molecule has 0 saturated heterocycles. The molecule has 0 radical (unpaired) electrons. The van der Waals surface area contributed by atoms with Gasteiger partial charge in [-0.05, 0) is 37.3 Å². The van der Waals surface area contributed by atoms with E-state index in [9.17, 15) is 4.39 Å². The molecule has 118 valence electrons. The molecule has 0 saturated carbocycles. The molecule has 3 N–H and O–H groups in total. The first-order valence-electron chi connectivity index (χ1n) is 6.94. The Morgan fingerprint density at radius 2 is 2.09 bits per heavy atom. The van der Waals surface area contributed by atoms with Crippen LogP contribution in [0.3, 0.4) is 0 Å². The fraction of sp³-hybridized carbons (Fsp3) is 0.125. The summed E-state index contributed by atoms with van der Waals surface area (Å²) in [7, 11) is 1.81. The van der Waals surface area contributed by atoms with Crippen LogP contribution in [0.1, 0.15) is 5.69 Å². The van der Waals surface area contributed by atoms with E-state index in [2.05, 4.69) is 15.4 Å². The van der Waals surface area contributed by atoms with Crippen molar-refractivity contribution in [1.82, 2.24) is 14.8 Å². The van der Waals surface area contributed by atoms with E-state index in [4.69, 9.17) is 17.3 Å². The van der Waals surface area contributed by atoms with Crippen LogP contribution in [0, 0.1) is 12.7 Å². The lowest BCUT2D eigenvalue weighted by Gasteiger charge is -2.12. The first kappa shape index (κ1) is 15.3. The standard InChI is InChI=1S/C16H15ClFN5/c1-9-14(11-6-5-10(18)8-12(11)17)16(23(2)22-9)21-13-4-3-7-20-15(13)19/h3-8,21H,1-2H3,(H2,19,20). The van der Waals surface area contributed by atoms with E-state index in [0.717, 1.165) is 11.3 Å². The van der Waals surface area contributed by atoms with Crippen molar-refractivity contribution in [2.75, 3.05) is 11.1 Å². The number of benzene rings is 1. The third kappa shape index (κ3) is 2.85. The van der Waals surface area contributed by atoms with Gasteiger partial charge in [-0.1, -0.05) is 11.6 Å². The highest BCUT2D eigenvalue weighted by Crippen LogP contribution is 2.37. The summed E-state index contributed by atoms with van der Waals surface area (Å²) in [5.74, 6) is 0.699. The van der Waals surface area contributed by atoms with Crippen LogP contribution in [-0.2, 0) is 7.05 Å². The van der Waals surface area contributed by atoms with Crippen molar-refractivity contribution >= 4 is 28.9 Å². The number of aromatic nitrogens is 3. The molecule has 1 aromatic carbocycles. The Morgan fingerprint density at radius 3 is 2.78 bits per heavy atom. The predicted molar refractivity (Wildman–Crippen MR) is 90.3 cm³/mol. The average Bonchev–Trinajstić information content (AvgIpc) is 2.76. The summed E-state index contributed by atoms with van der Waals surface area (Å²) in [5, 5.41) is 7.97. The Hall–Kier alpha value is -2.60. The average molecular weight is 332 g/mol. The molecule has 0 bridgehead atoms. The molecule has 0 aliphatic heterocycles. The van der Waals surface area contributed by atoms with Gasteiger partial charge in [0.05, 0.1) is 16.4 Å². The largest absolute Gasteiger partial charge is 0.382 e. The van der Waals surface area contributed by atoms with E-state index >= 15 is 0 Å². The number of hydrogen-bond donors (Lipinski definition) is 2. The van der Waals surface area contributed by atoms with Gasteiger partial charge < -0.3 is 11.1 Å². The quantitative estimate of drug-likeness (QED) is 0.763. The summed E-state index contributed by atoms with van der Waals surface area (Å²) in [5.41, 5.74) is 8.81. The second-order valence-electron chi connectivity index (χ2n) is 5.12. The van der Waals surface area contributed by atoms with Gasteiger partial charge in [-0.3, -0.25) is 4.68 Å². The second-order valence-corrected chi connectivity index (χ2v) is 5.53. The van der Waals surface area contributed by atoms with Gasteiger partial charge in [-0.25, -0.2) is 9.37 Å². The number of rotatable bonds is 3. The Bertz CT molecular complexity index is 875. The van der Waals surface area contributed by atoms with E-state index in [0.29, 0.717) is 27.9 Å². The molecule has 0 amide bonds. The Balaban J connectivity index is 2.13. The summed E-state index contributed by atoms with van der Waals surface area (Å²) in [6.45, 7) is 1.87. The zero-order chi connectivity index (χ0) is 16.6. The molecule has 5 nitrogen and oxygen atoms in total. The van der Waals surface area contributed by atoms with E-state index in [-0.39, 0.29) is 5.82 Å². The van der Waals surface area contributed by atoms with Gasteiger partial charge in [-0.2, -0.15) is 5.10 Å². The predicted octanol–water partition coefficient (Wildman–Crippen LogP) is 3.91. The molecular weight excluding hydrogens is 317 g/mol. The Kier molecular flexibility index (Phi) is 3.92. The maximum absolute atomic E-state index is 13.3. The molecule has 2 heterocycles. The summed E-state index contributed by atoms with van der Waals surface area (Å²) in [6, 6.07) is 7.90. The number of hydrogen-bond acceptors (Lipinski definition) is 4. The van der Waals surface area contributed by atoms with Crippen LogP contribution in [0.15, 0.2) is 36.5 Å². The van der Waals surface area contributed by atoms with Gasteiger partial charge in [0.15, 0.2) is 0 Å². The number of halogens is 2. The smallest absolute Gasteiger partial charge is 0.147 e. The van der Waals surface area contributed by atoms with Gasteiger partial charge in [0, 0.05) is 24.4 Å². The van der Waals surface area contributed by atoms with Crippen LogP contribution in [0.4, 0.5) is 21.7 Å². The minimum Gasteiger partial charge on any atom is -0.382 e. The van der Waals surface area contributed by atoms with Crippen LogP contribution in [0.2, 0.25) is 5.02 Å². The molecular formula is C16H15ClFN5. The monoisotopic (exact) mass is 331 g/mol. The van der Waals surface area contributed by atoms with Crippen molar-refractivity contribution in [2.45, 2.75) is 6.92 Å². The lowest BCUT2D eigenvalue weighted by molar-refractivity contribution is 0.628. The summed E-state index contributed by atoms with van der Waals surface area (Å²) >= 11 is 6.21. The highest BCUT2D eigenvalue weighted by Gasteiger charge is 2.18. The number of anilines is 3. The molecule has 0 unspecified atom stereocenters. The van der Waals surface area contributed by atoms with Crippen molar-refractivity contribution in [3.05, 3.63) is 53.1 Å².